The van der Waals surface area contributed by atoms with Gasteiger partial charge in [-0.3, -0.25) is 9.59 Å². The van der Waals surface area contributed by atoms with Crippen LogP contribution in [0.5, 0.6) is 11.5 Å². The molecule has 0 atom stereocenters. The predicted octanol–water partition coefficient (Wildman–Crippen LogP) is 2.84. The van der Waals surface area contributed by atoms with Crippen LogP contribution in [0.3, 0.4) is 0 Å². The largest absolute Gasteiger partial charge is 0.489 e. The normalized spacial score (nSPS) is 17.3. The van der Waals surface area contributed by atoms with Gasteiger partial charge in [0, 0.05) is 44.6 Å². The van der Waals surface area contributed by atoms with Crippen LogP contribution in [0.25, 0.3) is 6.08 Å². The van der Waals surface area contributed by atoms with Crippen LogP contribution in [0.1, 0.15) is 25.8 Å². The Bertz CT molecular complexity index is 740. The van der Waals surface area contributed by atoms with Gasteiger partial charge >= 0.3 is 0 Å². The molecule has 2 amide bonds. The molecule has 0 radical (unpaired) electrons. The van der Waals surface area contributed by atoms with Crippen LogP contribution in [0, 0.1) is 5.92 Å². The maximum Gasteiger partial charge on any atom is 0.246 e. The van der Waals surface area contributed by atoms with Crippen molar-refractivity contribution in [2.24, 2.45) is 5.92 Å². The highest BCUT2D eigenvalue weighted by Gasteiger charge is 2.24. The van der Waals surface area contributed by atoms with Gasteiger partial charge in [-0.15, -0.1) is 0 Å². The maximum atomic E-state index is 12.5. The Morgan fingerprint density at radius 2 is 1.74 bits per heavy atom. The highest BCUT2D eigenvalue weighted by Crippen LogP contribution is 2.38. The molecule has 0 N–H and O–H groups in total. The molecular weight excluding hydrogens is 368 g/mol. The van der Waals surface area contributed by atoms with E-state index in [1.807, 2.05) is 24.8 Å². The fourth-order valence-corrected chi connectivity index (χ4v) is 3.41. The van der Waals surface area contributed by atoms with E-state index in [1.165, 1.54) is 6.08 Å². The lowest BCUT2D eigenvalue weighted by molar-refractivity contribution is -0.139. The van der Waals surface area contributed by atoms with Crippen molar-refractivity contribution in [1.82, 2.24) is 9.80 Å². The number of rotatable bonds is 3. The zero-order valence-electron chi connectivity index (χ0n) is 15.7. The van der Waals surface area contributed by atoms with Gasteiger partial charge in [0.05, 0.1) is 18.2 Å². The van der Waals surface area contributed by atoms with Gasteiger partial charge in [0.15, 0.2) is 11.5 Å². The molecule has 27 heavy (non-hydrogen) atoms. The fraction of sp³-hybridized carbons (Fsp3) is 0.500. The van der Waals surface area contributed by atoms with Crippen molar-refractivity contribution in [1.29, 1.82) is 0 Å². The molecular formula is C20H25ClN2O4. The van der Waals surface area contributed by atoms with E-state index in [1.54, 1.807) is 17.0 Å². The van der Waals surface area contributed by atoms with Crippen LogP contribution < -0.4 is 9.47 Å². The number of carbonyl (C=O) groups is 2. The van der Waals surface area contributed by atoms with Gasteiger partial charge < -0.3 is 19.3 Å². The zero-order chi connectivity index (χ0) is 19.4. The molecule has 1 fully saturated rings. The molecule has 0 saturated carbocycles. The van der Waals surface area contributed by atoms with Gasteiger partial charge in [-0.25, -0.2) is 0 Å². The van der Waals surface area contributed by atoms with E-state index in [0.717, 1.165) is 12.0 Å². The highest BCUT2D eigenvalue weighted by molar-refractivity contribution is 6.32. The van der Waals surface area contributed by atoms with Crippen LogP contribution >= 0.6 is 11.6 Å². The third-order valence-electron chi connectivity index (χ3n) is 4.64. The minimum absolute atomic E-state index is 0.0173. The molecule has 0 bridgehead atoms. The van der Waals surface area contributed by atoms with Crippen molar-refractivity contribution >= 4 is 29.5 Å². The summed E-state index contributed by atoms with van der Waals surface area (Å²) >= 11 is 6.28. The van der Waals surface area contributed by atoms with Gasteiger partial charge in [-0.1, -0.05) is 25.4 Å². The van der Waals surface area contributed by atoms with E-state index in [9.17, 15) is 9.59 Å². The quantitative estimate of drug-likeness (QED) is 0.742. The molecule has 1 saturated heterocycles. The Hall–Kier alpha value is -2.21. The molecule has 3 rings (SSSR count). The number of halogens is 1. The number of carbonyl (C=O) groups excluding carboxylic acids is 2. The molecule has 0 aromatic heterocycles. The number of hydrogen-bond donors (Lipinski definition) is 0. The standard InChI is InChI=1S/C20H25ClN2O4/c1-14(2)20(25)23-8-6-22(7-9-23)18(24)5-4-15-12-16(21)19-17(13-15)26-10-3-11-27-19/h4-5,12-14H,3,6-11H2,1-2H3/b5-4+. The van der Waals surface area contributed by atoms with E-state index in [0.29, 0.717) is 55.9 Å². The molecule has 1 aromatic rings. The first-order valence-corrected chi connectivity index (χ1v) is 9.68. The van der Waals surface area contributed by atoms with E-state index < -0.39 is 0 Å². The third-order valence-corrected chi connectivity index (χ3v) is 4.92. The topological polar surface area (TPSA) is 59.1 Å². The van der Waals surface area contributed by atoms with Crippen molar-refractivity contribution in [3.05, 3.63) is 28.8 Å². The average Bonchev–Trinajstić information content (AvgIpc) is 2.91. The Labute approximate surface area is 164 Å². The second-order valence-corrected chi connectivity index (χ2v) is 7.43. The number of benzene rings is 1. The first-order valence-electron chi connectivity index (χ1n) is 9.30. The summed E-state index contributed by atoms with van der Waals surface area (Å²) in [6.07, 6.45) is 4.07. The molecule has 1 aromatic carbocycles. The minimum Gasteiger partial charge on any atom is -0.489 e. The number of nitrogens with zero attached hydrogens (tertiary/aromatic N) is 2. The van der Waals surface area contributed by atoms with Gasteiger partial charge in [0.2, 0.25) is 11.8 Å². The first-order chi connectivity index (χ1) is 13.0. The van der Waals surface area contributed by atoms with Crippen molar-refractivity contribution in [2.45, 2.75) is 20.3 Å². The summed E-state index contributed by atoms with van der Waals surface area (Å²) in [4.78, 5) is 28.1. The van der Waals surface area contributed by atoms with Crippen molar-refractivity contribution in [3.63, 3.8) is 0 Å². The molecule has 2 aliphatic rings. The summed E-state index contributed by atoms with van der Waals surface area (Å²) in [5.41, 5.74) is 0.784. The summed E-state index contributed by atoms with van der Waals surface area (Å²) in [7, 11) is 0. The number of fused-ring (bicyclic) bond motifs is 1. The minimum atomic E-state index is -0.0742. The van der Waals surface area contributed by atoms with Crippen LogP contribution in [-0.4, -0.2) is 61.0 Å². The van der Waals surface area contributed by atoms with Gasteiger partial charge in [0.25, 0.3) is 0 Å². The summed E-state index contributed by atoms with van der Waals surface area (Å²) in [5.74, 6) is 1.21. The average molecular weight is 393 g/mol. The third kappa shape index (κ3) is 4.75. The van der Waals surface area contributed by atoms with E-state index in [4.69, 9.17) is 21.1 Å². The van der Waals surface area contributed by atoms with Crippen LogP contribution in [-0.2, 0) is 9.59 Å². The highest BCUT2D eigenvalue weighted by atomic mass is 35.5. The Morgan fingerprint density at radius 3 is 2.44 bits per heavy atom. The number of ether oxygens (including phenoxy) is 2. The summed E-state index contributed by atoms with van der Waals surface area (Å²) in [5, 5.41) is 0.474. The van der Waals surface area contributed by atoms with E-state index in [2.05, 4.69) is 0 Å². The summed E-state index contributed by atoms with van der Waals surface area (Å²) < 4.78 is 11.3. The van der Waals surface area contributed by atoms with Crippen LogP contribution in [0.2, 0.25) is 5.02 Å². The molecule has 2 heterocycles. The summed E-state index contributed by atoms with van der Waals surface area (Å²) in [6.45, 7) is 7.18. The van der Waals surface area contributed by atoms with Gasteiger partial charge in [-0.05, 0) is 23.8 Å². The van der Waals surface area contributed by atoms with Crippen LogP contribution in [0.15, 0.2) is 18.2 Å². The molecule has 0 unspecified atom stereocenters. The van der Waals surface area contributed by atoms with Crippen molar-refractivity contribution < 1.29 is 19.1 Å². The smallest absolute Gasteiger partial charge is 0.246 e. The molecule has 0 spiro atoms. The SMILES string of the molecule is CC(C)C(=O)N1CCN(C(=O)/C=C/c2cc(Cl)c3c(c2)OCCCO3)CC1. The lowest BCUT2D eigenvalue weighted by Crippen LogP contribution is -2.51. The summed E-state index contributed by atoms with van der Waals surface area (Å²) in [6, 6.07) is 3.59. The lowest BCUT2D eigenvalue weighted by Gasteiger charge is -2.35. The molecule has 6 nitrogen and oxygen atoms in total. The Balaban J connectivity index is 1.62. The predicted molar refractivity (Wildman–Crippen MR) is 104 cm³/mol. The van der Waals surface area contributed by atoms with E-state index >= 15 is 0 Å². The monoisotopic (exact) mass is 392 g/mol. The fourth-order valence-electron chi connectivity index (χ4n) is 3.13. The lowest BCUT2D eigenvalue weighted by atomic mass is 10.1. The maximum absolute atomic E-state index is 12.5. The molecule has 0 aliphatic carbocycles. The number of piperazine rings is 1. The van der Waals surface area contributed by atoms with Crippen molar-refractivity contribution in [2.75, 3.05) is 39.4 Å². The Morgan fingerprint density at radius 1 is 1.07 bits per heavy atom. The van der Waals surface area contributed by atoms with Crippen molar-refractivity contribution in [3.8, 4) is 11.5 Å². The van der Waals surface area contributed by atoms with Gasteiger partial charge in [-0.2, -0.15) is 0 Å². The van der Waals surface area contributed by atoms with Crippen LogP contribution in [0.4, 0.5) is 0 Å². The molecule has 2 aliphatic heterocycles. The number of amides is 2. The van der Waals surface area contributed by atoms with Gasteiger partial charge in [0.1, 0.15) is 0 Å². The second kappa shape index (κ2) is 8.65. The molecule has 146 valence electrons. The zero-order valence-corrected chi connectivity index (χ0v) is 16.5. The number of hydrogen-bond acceptors (Lipinski definition) is 4. The Kier molecular flexibility index (Phi) is 6.26. The first kappa shape index (κ1) is 19.5. The second-order valence-electron chi connectivity index (χ2n) is 7.02. The molecule has 7 heteroatoms. The van der Waals surface area contributed by atoms with E-state index in [-0.39, 0.29) is 17.7 Å².